The monoisotopic (exact) mass is 414 g/mol. The number of aldehydes is 2. The van der Waals surface area contributed by atoms with Crippen LogP contribution in [0.4, 0.5) is 11.4 Å². The summed E-state index contributed by atoms with van der Waals surface area (Å²) in [7, 11) is 6.25. The number of carbonyl (C=O) groups is 2. The highest BCUT2D eigenvalue weighted by Gasteiger charge is 2.24. The number of methoxy groups -OCH3 is 4. The van der Waals surface area contributed by atoms with Crippen LogP contribution in [-0.4, -0.2) is 67.2 Å². The number of carbonyl (C=O) groups excluding carboxylic acids is 2. The van der Waals surface area contributed by atoms with E-state index in [0.717, 1.165) is 50.1 Å². The minimum atomic E-state index is 0.448. The Kier molecular flexibility index (Phi) is 6.66. The van der Waals surface area contributed by atoms with Gasteiger partial charge in [-0.3, -0.25) is 9.59 Å². The molecular weight excluding hydrogens is 388 g/mol. The van der Waals surface area contributed by atoms with Crippen LogP contribution in [0, 0.1) is 0 Å². The average Bonchev–Trinajstić information content (AvgIpc) is 2.82. The molecule has 0 spiro atoms. The van der Waals surface area contributed by atoms with Crippen LogP contribution in [-0.2, 0) is 0 Å². The zero-order valence-electron chi connectivity index (χ0n) is 17.6. The van der Waals surface area contributed by atoms with Gasteiger partial charge in [0.2, 0.25) is 0 Å². The van der Waals surface area contributed by atoms with E-state index in [0.29, 0.717) is 34.1 Å². The van der Waals surface area contributed by atoms with Crippen molar-refractivity contribution in [3.63, 3.8) is 0 Å². The molecule has 1 aliphatic rings. The van der Waals surface area contributed by atoms with Gasteiger partial charge >= 0.3 is 0 Å². The van der Waals surface area contributed by atoms with Crippen LogP contribution in [0.3, 0.4) is 0 Å². The van der Waals surface area contributed by atoms with Crippen LogP contribution in [0.2, 0.25) is 0 Å². The lowest BCUT2D eigenvalue weighted by molar-refractivity contribution is 0.111. The maximum atomic E-state index is 11.3. The molecule has 1 saturated heterocycles. The van der Waals surface area contributed by atoms with Crippen LogP contribution >= 0.6 is 0 Å². The molecule has 1 heterocycles. The standard InChI is InChI=1S/C22H26N2O6/c1-27-19-11-17(21(29-3)9-15(19)13-25)23-5-7-24(8-6-23)18-12-20(28-2)16(14-26)10-22(18)30-4/h9-14H,5-8H2,1-4H3. The van der Waals surface area contributed by atoms with Gasteiger partial charge in [0.1, 0.15) is 23.0 Å². The first kappa shape index (κ1) is 21.3. The molecule has 0 radical (unpaired) electrons. The molecule has 0 aliphatic carbocycles. The van der Waals surface area contributed by atoms with Crippen molar-refractivity contribution in [2.75, 3.05) is 64.4 Å². The molecule has 2 aromatic carbocycles. The van der Waals surface area contributed by atoms with Gasteiger partial charge in [-0.15, -0.1) is 0 Å². The lowest BCUT2D eigenvalue weighted by atomic mass is 10.1. The predicted molar refractivity (Wildman–Crippen MR) is 114 cm³/mol. The van der Waals surface area contributed by atoms with Crippen LogP contribution in [0.1, 0.15) is 20.7 Å². The zero-order chi connectivity index (χ0) is 21.7. The fraction of sp³-hybridized carbons (Fsp3) is 0.364. The van der Waals surface area contributed by atoms with Crippen molar-refractivity contribution in [2.24, 2.45) is 0 Å². The summed E-state index contributed by atoms with van der Waals surface area (Å²) in [4.78, 5) is 27.0. The van der Waals surface area contributed by atoms with E-state index in [1.807, 2.05) is 12.1 Å². The summed E-state index contributed by atoms with van der Waals surface area (Å²) in [6.07, 6.45) is 1.51. The number of piperazine rings is 1. The van der Waals surface area contributed by atoms with Gasteiger partial charge in [0.25, 0.3) is 0 Å². The summed E-state index contributed by atoms with van der Waals surface area (Å²) in [5.74, 6) is 2.28. The molecule has 1 fully saturated rings. The van der Waals surface area contributed by atoms with Gasteiger partial charge in [0.05, 0.1) is 50.9 Å². The molecule has 0 amide bonds. The smallest absolute Gasteiger partial charge is 0.153 e. The number of hydrogen-bond donors (Lipinski definition) is 0. The Balaban J connectivity index is 1.85. The molecule has 0 bridgehead atoms. The summed E-state index contributed by atoms with van der Waals surface area (Å²) in [6, 6.07) is 7.06. The normalized spacial score (nSPS) is 13.6. The summed E-state index contributed by atoms with van der Waals surface area (Å²) in [5.41, 5.74) is 2.65. The average molecular weight is 414 g/mol. The largest absolute Gasteiger partial charge is 0.496 e. The van der Waals surface area contributed by atoms with E-state index in [4.69, 9.17) is 18.9 Å². The third-order valence-electron chi connectivity index (χ3n) is 5.28. The first-order valence-corrected chi connectivity index (χ1v) is 9.52. The summed E-state index contributed by atoms with van der Waals surface area (Å²) in [6.45, 7) is 2.89. The van der Waals surface area contributed by atoms with Crippen LogP contribution in [0.25, 0.3) is 0 Å². The maximum absolute atomic E-state index is 11.3. The van der Waals surface area contributed by atoms with Crippen LogP contribution < -0.4 is 28.7 Å². The Hall–Kier alpha value is -3.42. The Morgan fingerprint density at radius 2 is 0.933 bits per heavy atom. The molecular formula is C22H26N2O6. The number of rotatable bonds is 8. The van der Waals surface area contributed by atoms with Crippen molar-refractivity contribution in [1.29, 1.82) is 0 Å². The predicted octanol–water partition coefficient (Wildman–Crippen LogP) is 2.67. The third kappa shape index (κ3) is 3.98. The van der Waals surface area contributed by atoms with Gasteiger partial charge < -0.3 is 28.7 Å². The second-order valence-corrected chi connectivity index (χ2v) is 6.74. The minimum Gasteiger partial charge on any atom is -0.496 e. The topological polar surface area (TPSA) is 77.5 Å². The molecule has 0 saturated carbocycles. The van der Waals surface area contributed by atoms with E-state index >= 15 is 0 Å². The fourth-order valence-electron chi connectivity index (χ4n) is 3.68. The molecule has 0 aromatic heterocycles. The highest BCUT2D eigenvalue weighted by Crippen LogP contribution is 2.38. The molecule has 0 N–H and O–H groups in total. The third-order valence-corrected chi connectivity index (χ3v) is 5.28. The van der Waals surface area contributed by atoms with Crippen molar-refractivity contribution < 1.29 is 28.5 Å². The van der Waals surface area contributed by atoms with E-state index in [1.165, 1.54) is 0 Å². The number of nitrogens with zero attached hydrogens (tertiary/aromatic N) is 2. The summed E-state index contributed by atoms with van der Waals surface area (Å²) < 4.78 is 21.7. The molecule has 8 heteroatoms. The van der Waals surface area contributed by atoms with Crippen molar-refractivity contribution in [1.82, 2.24) is 0 Å². The quantitative estimate of drug-likeness (QED) is 0.610. The summed E-state index contributed by atoms with van der Waals surface area (Å²) >= 11 is 0. The Morgan fingerprint density at radius 1 is 0.600 bits per heavy atom. The van der Waals surface area contributed by atoms with E-state index in [9.17, 15) is 9.59 Å². The highest BCUT2D eigenvalue weighted by atomic mass is 16.5. The van der Waals surface area contributed by atoms with Crippen molar-refractivity contribution in [2.45, 2.75) is 0 Å². The molecule has 2 aromatic rings. The first-order chi connectivity index (χ1) is 14.6. The highest BCUT2D eigenvalue weighted by molar-refractivity contribution is 5.84. The zero-order valence-corrected chi connectivity index (χ0v) is 17.6. The summed E-state index contributed by atoms with van der Waals surface area (Å²) in [5, 5.41) is 0. The Bertz CT molecular complexity index is 847. The minimum absolute atomic E-state index is 0.448. The van der Waals surface area contributed by atoms with Crippen LogP contribution in [0.5, 0.6) is 23.0 Å². The lowest BCUT2D eigenvalue weighted by Crippen LogP contribution is -2.46. The molecule has 1 aliphatic heterocycles. The number of benzene rings is 2. The number of ether oxygens (including phenoxy) is 4. The lowest BCUT2D eigenvalue weighted by Gasteiger charge is -2.38. The first-order valence-electron chi connectivity index (χ1n) is 9.52. The van der Waals surface area contributed by atoms with Gasteiger partial charge in [0, 0.05) is 38.3 Å². The molecule has 0 atom stereocenters. The van der Waals surface area contributed by atoms with Crippen molar-refractivity contribution >= 4 is 23.9 Å². The van der Waals surface area contributed by atoms with Gasteiger partial charge in [-0.05, 0) is 12.1 Å². The molecule has 160 valence electrons. The van der Waals surface area contributed by atoms with Crippen LogP contribution in [0.15, 0.2) is 24.3 Å². The van der Waals surface area contributed by atoms with Gasteiger partial charge in [0.15, 0.2) is 12.6 Å². The molecule has 30 heavy (non-hydrogen) atoms. The molecule has 8 nitrogen and oxygen atoms in total. The van der Waals surface area contributed by atoms with E-state index in [1.54, 1.807) is 40.6 Å². The SMILES string of the molecule is COc1cc(N2CCN(c3cc(OC)c(C=O)cc3OC)CC2)c(OC)cc1C=O. The molecule has 3 rings (SSSR count). The van der Waals surface area contributed by atoms with Gasteiger partial charge in [-0.1, -0.05) is 0 Å². The van der Waals surface area contributed by atoms with Crippen molar-refractivity contribution in [3.05, 3.63) is 35.4 Å². The van der Waals surface area contributed by atoms with Gasteiger partial charge in [-0.2, -0.15) is 0 Å². The second kappa shape index (κ2) is 9.39. The Morgan fingerprint density at radius 3 is 1.20 bits per heavy atom. The molecule has 0 unspecified atom stereocenters. The van der Waals surface area contributed by atoms with Gasteiger partial charge in [-0.25, -0.2) is 0 Å². The maximum Gasteiger partial charge on any atom is 0.153 e. The Labute approximate surface area is 175 Å². The van der Waals surface area contributed by atoms with E-state index in [-0.39, 0.29) is 0 Å². The van der Waals surface area contributed by atoms with E-state index in [2.05, 4.69) is 9.80 Å². The fourth-order valence-corrected chi connectivity index (χ4v) is 3.68. The second-order valence-electron chi connectivity index (χ2n) is 6.74. The number of anilines is 2. The van der Waals surface area contributed by atoms with E-state index < -0.39 is 0 Å². The van der Waals surface area contributed by atoms with Crippen molar-refractivity contribution in [3.8, 4) is 23.0 Å². The number of hydrogen-bond acceptors (Lipinski definition) is 8.